The number of ether oxygens (including phenoxy) is 1. The maximum atomic E-state index is 11.4. The highest BCUT2D eigenvalue weighted by molar-refractivity contribution is 5.89. The lowest BCUT2D eigenvalue weighted by atomic mass is 10.0. The fourth-order valence-electron chi connectivity index (χ4n) is 3.65. The number of ketones is 1. The van der Waals surface area contributed by atoms with Gasteiger partial charge in [0.15, 0.2) is 0 Å². The maximum absolute atomic E-state index is 11.4. The van der Waals surface area contributed by atoms with E-state index in [2.05, 4.69) is 12.2 Å². The van der Waals surface area contributed by atoms with Crippen LogP contribution in [0.4, 0.5) is 0 Å². The van der Waals surface area contributed by atoms with E-state index in [0.717, 1.165) is 24.0 Å². The van der Waals surface area contributed by atoms with Gasteiger partial charge in [-0.1, -0.05) is 54.6 Å². The first-order chi connectivity index (χ1) is 18.2. The van der Waals surface area contributed by atoms with E-state index < -0.39 is 12.1 Å². The number of nitrogens with one attached hydrogen (secondary N) is 1. The third kappa shape index (κ3) is 11.1. The molecule has 0 saturated carbocycles. The summed E-state index contributed by atoms with van der Waals surface area (Å²) in [5.41, 5.74) is 3.94. The number of Topliss-reactive ketones (excluding diaryl/α,β-unsaturated/α-hetero) is 1. The molecule has 2 atom stereocenters. The van der Waals surface area contributed by atoms with Crippen LogP contribution in [0.15, 0.2) is 78.9 Å². The molecular weight excluding hydrogens is 482 g/mol. The zero-order chi connectivity index (χ0) is 27.9. The van der Waals surface area contributed by atoms with Gasteiger partial charge in [0.1, 0.15) is 5.78 Å². The Balaban J connectivity index is 0.000000308. The molecule has 7 heteroatoms. The van der Waals surface area contributed by atoms with Crippen molar-refractivity contribution < 1.29 is 29.3 Å². The third-order valence-corrected chi connectivity index (χ3v) is 6.05. The minimum absolute atomic E-state index is 0.146. The topological polar surface area (TPSA) is 113 Å². The summed E-state index contributed by atoms with van der Waals surface area (Å²) in [7, 11) is 1.38. The largest absolute Gasteiger partial charge is 0.478 e. The number of hydrogen-bond acceptors (Lipinski definition) is 6. The molecule has 0 spiro atoms. The van der Waals surface area contributed by atoms with Crippen molar-refractivity contribution in [3.05, 3.63) is 107 Å². The zero-order valence-corrected chi connectivity index (χ0v) is 22.2. The Kier molecular flexibility index (Phi) is 12.9. The lowest BCUT2D eigenvalue weighted by Gasteiger charge is -2.17. The summed E-state index contributed by atoms with van der Waals surface area (Å²) in [5.74, 6) is -1.10. The van der Waals surface area contributed by atoms with Crippen LogP contribution in [0.2, 0.25) is 0 Å². The summed E-state index contributed by atoms with van der Waals surface area (Å²) >= 11 is 0. The SMILES string of the molecule is CC(=O)CCc1ccc(C(=O)O)cc1.COC(=O)c1ccc(CC[C@H](C)NC[C@H](O)c2ccccc2)cc1. The predicted molar refractivity (Wildman–Crippen MR) is 147 cm³/mol. The van der Waals surface area contributed by atoms with Crippen molar-refractivity contribution >= 4 is 17.7 Å². The van der Waals surface area contributed by atoms with E-state index >= 15 is 0 Å². The number of aliphatic hydroxyl groups is 1. The molecule has 0 aromatic heterocycles. The van der Waals surface area contributed by atoms with Crippen LogP contribution in [0.1, 0.15) is 70.2 Å². The number of carboxylic acid groups (broad SMARTS) is 1. The molecule has 0 heterocycles. The summed E-state index contributed by atoms with van der Waals surface area (Å²) in [6.07, 6.45) is 2.56. The minimum Gasteiger partial charge on any atom is -0.478 e. The van der Waals surface area contributed by atoms with Crippen LogP contribution in [0.3, 0.4) is 0 Å². The molecule has 0 bridgehead atoms. The van der Waals surface area contributed by atoms with Crippen molar-refractivity contribution in [1.29, 1.82) is 0 Å². The maximum Gasteiger partial charge on any atom is 0.337 e. The highest BCUT2D eigenvalue weighted by atomic mass is 16.5. The van der Waals surface area contributed by atoms with Crippen molar-refractivity contribution in [2.24, 2.45) is 0 Å². The molecule has 3 rings (SSSR count). The first-order valence-electron chi connectivity index (χ1n) is 12.6. The standard InChI is InChI=1S/C20H25NO3.C11H12O3/c1-15(21-14-19(22)17-6-4-3-5-7-17)8-9-16-10-12-18(13-11-16)20(23)24-2;1-8(12)2-3-9-4-6-10(7-5-9)11(13)14/h3-7,10-13,15,19,21-22H,8-9,14H2,1-2H3;4-7H,2-3H2,1H3,(H,13,14)/t15-,19-;/m0./s1. The van der Waals surface area contributed by atoms with E-state index in [0.29, 0.717) is 31.0 Å². The lowest BCUT2D eigenvalue weighted by molar-refractivity contribution is -0.116. The monoisotopic (exact) mass is 519 g/mol. The molecular formula is C31H37NO6. The molecule has 0 fully saturated rings. The van der Waals surface area contributed by atoms with Crippen LogP contribution in [-0.4, -0.2) is 47.6 Å². The number of rotatable bonds is 12. The Morgan fingerprint density at radius 2 is 1.39 bits per heavy atom. The van der Waals surface area contributed by atoms with Crippen molar-refractivity contribution in [1.82, 2.24) is 5.32 Å². The second-order valence-electron chi connectivity index (χ2n) is 9.17. The van der Waals surface area contributed by atoms with Crippen LogP contribution in [0.5, 0.6) is 0 Å². The van der Waals surface area contributed by atoms with Crippen molar-refractivity contribution in [3.8, 4) is 0 Å². The van der Waals surface area contributed by atoms with Gasteiger partial charge in [0.25, 0.3) is 0 Å². The molecule has 0 aliphatic rings. The van der Waals surface area contributed by atoms with E-state index in [1.165, 1.54) is 12.7 Å². The summed E-state index contributed by atoms with van der Waals surface area (Å²) in [6.45, 7) is 4.19. The number of aliphatic hydroxyl groups excluding tert-OH is 1. The quantitative estimate of drug-likeness (QED) is 0.288. The molecule has 0 aliphatic heterocycles. The number of carbonyl (C=O) groups excluding carboxylic acids is 2. The summed E-state index contributed by atoms with van der Waals surface area (Å²) in [5, 5.41) is 22.2. The fourth-order valence-corrected chi connectivity index (χ4v) is 3.65. The van der Waals surface area contributed by atoms with Gasteiger partial charge in [-0.3, -0.25) is 0 Å². The Labute approximate surface area is 224 Å². The van der Waals surface area contributed by atoms with Gasteiger partial charge in [0.2, 0.25) is 0 Å². The highest BCUT2D eigenvalue weighted by Crippen LogP contribution is 2.13. The normalized spacial score (nSPS) is 12.0. The minimum atomic E-state index is -0.928. The molecule has 7 nitrogen and oxygen atoms in total. The molecule has 202 valence electrons. The molecule has 3 aromatic carbocycles. The molecule has 3 aromatic rings. The first-order valence-corrected chi connectivity index (χ1v) is 12.6. The number of carboxylic acids is 1. The van der Waals surface area contributed by atoms with Gasteiger partial charge in [0, 0.05) is 19.0 Å². The van der Waals surface area contributed by atoms with Gasteiger partial charge in [0.05, 0.1) is 24.3 Å². The number of methoxy groups -OCH3 is 1. The van der Waals surface area contributed by atoms with Gasteiger partial charge >= 0.3 is 11.9 Å². The van der Waals surface area contributed by atoms with E-state index in [1.807, 2.05) is 42.5 Å². The van der Waals surface area contributed by atoms with Crippen LogP contribution < -0.4 is 5.32 Å². The van der Waals surface area contributed by atoms with Crippen LogP contribution in [-0.2, 0) is 22.4 Å². The summed E-state index contributed by atoms with van der Waals surface area (Å²) in [6, 6.07) is 24.0. The second-order valence-corrected chi connectivity index (χ2v) is 9.17. The van der Waals surface area contributed by atoms with Crippen molar-refractivity contribution in [2.45, 2.75) is 51.7 Å². The average molecular weight is 520 g/mol. The zero-order valence-electron chi connectivity index (χ0n) is 22.2. The van der Waals surface area contributed by atoms with Crippen molar-refractivity contribution in [2.75, 3.05) is 13.7 Å². The van der Waals surface area contributed by atoms with Gasteiger partial charge < -0.3 is 25.1 Å². The van der Waals surface area contributed by atoms with Gasteiger partial charge in [-0.25, -0.2) is 9.59 Å². The summed E-state index contributed by atoms with van der Waals surface area (Å²) < 4.78 is 4.69. The summed E-state index contributed by atoms with van der Waals surface area (Å²) in [4.78, 5) is 32.6. The van der Waals surface area contributed by atoms with Gasteiger partial charge in [-0.15, -0.1) is 0 Å². The number of hydrogen-bond donors (Lipinski definition) is 3. The molecule has 0 amide bonds. The Hall–Kier alpha value is -3.81. The molecule has 0 unspecified atom stereocenters. The van der Waals surface area contributed by atoms with E-state index in [1.54, 1.807) is 43.3 Å². The number of carbonyl (C=O) groups is 3. The van der Waals surface area contributed by atoms with Crippen LogP contribution in [0, 0.1) is 0 Å². The van der Waals surface area contributed by atoms with Gasteiger partial charge in [-0.2, -0.15) is 0 Å². The Morgan fingerprint density at radius 3 is 1.92 bits per heavy atom. The third-order valence-electron chi connectivity index (χ3n) is 6.05. The highest BCUT2D eigenvalue weighted by Gasteiger charge is 2.10. The lowest BCUT2D eigenvalue weighted by Crippen LogP contribution is -2.30. The van der Waals surface area contributed by atoms with Gasteiger partial charge in [-0.05, 0) is 74.1 Å². The van der Waals surface area contributed by atoms with E-state index in [9.17, 15) is 19.5 Å². The Bertz CT molecular complexity index is 1140. The van der Waals surface area contributed by atoms with E-state index in [4.69, 9.17) is 9.84 Å². The second kappa shape index (κ2) is 16.1. The number of aromatic carboxylic acids is 1. The Morgan fingerprint density at radius 1 is 0.842 bits per heavy atom. The average Bonchev–Trinajstić information content (AvgIpc) is 2.94. The number of benzene rings is 3. The number of aryl methyl sites for hydroxylation is 2. The smallest absolute Gasteiger partial charge is 0.337 e. The fraction of sp³-hybridized carbons (Fsp3) is 0.323. The molecule has 0 saturated heterocycles. The molecule has 38 heavy (non-hydrogen) atoms. The number of esters is 1. The molecule has 0 radical (unpaired) electrons. The predicted octanol–water partition coefficient (Wildman–Crippen LogP) is 5.02. The molecule has 3 N–H and O–H groups in total. The van der Waals surface area contributed by atoms with Crippen LogP contribution in [0.25, 0.3) is 0 Å². The van der Waals surface area contributed by atoms with Crippen molar-refractivity contribution in [3.63, 3.8) is 0 Å². The van der Waals surface area contributed by atoms with Crippen LogP contribution >= 0.6 is 0 Å². The first kappa shape index (κ1) is 30.4. The van der Waals surface area contributed by atoms with E-state index in [-0.39, 0.29) is 17.3 Å². The molecule has 0 aliphatic carbocycles.